The number of aliphatic hydroxyl groups is 1. The Kier molecular flexibility index (Phi) is 13.5. The molecule has 0 spiro atoms. The summed E-state index contributed by atoms with van der Waals surface area (Å²) in [6.07, 6.45) is 13.0. The fourth-order valence-corrected chi connectivity index (χ4v) is 10.4. The minimum absolute atomic E-state index is 0.0243. The number of aliphatic hydroxyl groups excluding tert-OH is 1. The molecule has 6 atom stereocenters. The maximum Gasteiger partial charge on any atom is 0.200 e. The number of hydrogen-bond acceptors (Lipinski definition) is 10. The van der Waals surface area contributed by atoms with Crippen LogP contribution >= 0.6 is 0 Å². The van der Waals surface area contributed by atoms with Gasteiger partial charge in [-0.15, -0.1) is 0 Å². The molecule has 1 saturated carbocycles. The quantitative estimate of drug-likeness (QED) is 0.0325. The van der Waals surface area contributed by atoms with Gasteiger partial charge in [0, 0.05) is 41.5 Å². The summed E-state index contributed by atoms with van der Waals surface area (Å²) in [5.74, 6) is 0.455. The third-order valence-electron chi connectivity index (χ3n) is 13.5. The number of anilines is 2. The van der Waals surface area contributed by atoms with Gasteiger partial charge in [0.1, 0.15) is 17.4 Å². The van der Waals surface area contributed by atoms with Crippen LogP contribution in [-0.4, -0.2) is 61.1 Å². The number of rotatable bonds is 18. The first-order chi connectivity index (χ1) is 31.0. The lowest BCUT2D eigenvalue weighted by molar-refractivity contribution is -0.131. The van der Waals surface area contributed by atoms with Crippen molar-refractivity contribution in [2.45, 2.75) is 82.7 Å². The number of aromatic amines is 1. The van der Waals surface area contributed by atoms with Crippen molar-refractivity contribution < 1.29 is 39.8 Å². The average Bonchev–Trinajstić information content (AvgIpc) is 3.97. The molecule has 64 heavy (non-hydrogen) atoms. The predicted octanol–water partition coefficient (Wildman–Crippen LogP) is 10.2. The van der Waals surface area contributed by atoms with Gasteiger partial charge in [-0.3, -0.25) is 4.79 Å². The number of phenolic OH excluding ortho intramolecular Hbond substituents is 4. The Morgan fingerprint density at radius 3 is 2.56 bits per heavy atom. The molecule has 8 rings (SSSR count). The molecule has 2 heterocycles. The number of carbonyl (C=O) groups is 1. The molecule has 7 N–H and O–H groups in total. The lowest BCUT2D eigenvalue weighted by atomic mass is 9.59. The van der Waals surface area contributed by atoms with Crippen LogP contribution in [0.5, 0.6) is 34.5 Å². The highest BCUT2D eigenvalue weighted by atomic mass is 16.5. The fourth-order valence-electron chi connectivity index (χ4n) is 10.4. The predicted molar refractivity (Wildman–Crippen MR) is 249 cm³/mol. The first-order valence-electron chi connectivity index (χ1n) is 22.5. The smallest absolute Gasteiger partial charge is 0.200 e. The number of fused-ring (bicyclic) bond motifs is 1. The monoisotopic (exact) mass is 865 g/mol. The number of nitrogens with one attached hydrogen (secondary N) is 2. The topological polar surface area (TPSA) is 177 Å². The second-order valence-electron chi connectivity index (χ2n) is 17.9. The van der Waals surface area contributed by atoms with E-state index in [4.69, 9.17) is 14.5 Å². The molecular weight excluding hydrogens is 807 g/mol. The minimum atomic E-state index is -1.06. The number of Topliss-reactive ketones (excluding diaryl/α,β-unsaturated/α-hetero) is 1. The van der Waals surface area contributed by atoms with Gasteiger partial charge in [0.2, 0.25) is 5.75 Å². The van der Waals surface area contributed by atoms with Gasteiger partial charge in [0.05, 0.1) is 25.7 Å². The van der Waals surface area contributed by atoms with Crippen molar-refractivity contribution in [2.24, 2.45) is 23.7 Å². The molecule has 2 aromatic heterocycles. The zero-order valence-electron chi connectivity index (χ0n) is 36.5. The summed E-state index contributed by atoms with van der Waals surface area (Å²) in [7, 11) is 1.50. The second-order valence-corrected chi connectivity index (χ2v) is 17.9. The number of nitrogens with zero attached hydrogens (tertiary/aromatic N) is 1. The Labute approximate surface area is 374 Å². The summed E-state index contributed by atoms with van der Waals surface area (Å²) < 4.78 is 11.5. The summed E-state index contributed by atoms with van der Waals surface area (Å²) in [5, 5.41) is 60.0. The second kappa shape index (κ2) is 19.5. The van der Waals surface area contributed by atoms with Gasteiger partial charge in [-0.2, -0.15) is 0 Å². The Hall–Kier alpha value is -6.46. The van der Waals surface area contributed by atoms with Crippen LogP contribution in [0.15, 0.2) is 116 Å². The van der Waals surface area contributed by atoms with E-state index >= 15 is 4.79 Å². The number of phenols is 4. The standard InChI is InChI=1S/C53H59N3O8/c1-33-6-3-7-36(24-33)32-64-49-27-35(25-47(61)52(49)62)12-19-46(60)51(45(59)18-11-34-10-17-44(58)48(26-34)63-2)53(21-4-8-39(53)30-41-9-5-22-54-41)40-20-23-55-50(31-40)56-42-15-13-38-29-43(57)16-14-37(38)28-42/h3,5,7,9-10,13-17,20,22-23,25-29,31,33,36,39,45,51,54,57-59,61-62H,4,6,8,11-12,18-19,21,24,30,32H2,1-2H3,(H,55,56)/t33-,36-,39-,45-,51-,53+/m1/s1. The average molecular weight is 866 g/mol. The van der Waals surface area contributed by atoms with E-state index in [-0.39, 0.29) is 65.6 Å². The number of aromatic hydroxyl groups is 4. The van der Waals surface area contributed by atoms with E-state index in [9.17, 15) is 25.5 Å². The van der Waals surface area contributed by atoms with E-state index < -0.39 is 17.4 Å². The van der Waals surface area contributed by atoms with Crippen LogP contribution in [0.1, 0.15) is 74.3 Å². The van der Waals surface area contributed by atoms with Crippen molar-refractivity contribution in [2.75, 3.05) is 19.0 Å². The number of methoxy groups -OCH3 is 1. The summed E-state index contributed by atoms with van der Waals surface area (Å²) in [5.41, 5.74) is 3.47. The fraction of sp³-hybridized carbons (Fsp3) is 0.358. The van der Waals surface area contributed by atoms with Gasteiger partial charge in [0.25, 0.3) is 0 Å². The third kappa shape index (κ3) is 9.85. The molecule has 2 aliphatic carbocycles. The van der Waals surface area contributed by atoms with Crippen LogP contribution in [0.2, 0.25) is 0 Å². The highest BCUT2D eigenvalue weighted by molar-refractivity contribution is 5.87. The number of pyridine rings is 1. The number of hydrogen-bond donors (Lipinski definition) is 7. The number of ketones is 1. The minimum Gasteiger partial charge on any atom is -0.508 e. The SMILES string of the molecule is COc1cc(CC[C@@H](O)[C@H](C(=O)CCc2cc(O)c(O)c(OC[C@@H]3C=CC[C@@H](C)C3)c2)[C@@]2(c3ccnc(Nc4ccc5cc(O)ccc5c4)c3)CCC[C@@H]2Cc2ccc[nH]2)ccc1O. The van der Waals surface area contributed by atoms with E-state index in [1.807, 2.05) is 48.7 Å². The summed E-state index contributed by atoms with van der Waals surface area (Å²) in [6, 6.07) is 27.5. The highest BCUT2D eigenvalue weighted by Gasteiger charge is 2.54. The Morgan fingerprint density at radius 1 is 0.922 bits per heavy atom. The zero-order chi connectivity index (χ0) is 44.8. The molecule has 11 heteroatoms. The van der Waals surface area contributed by atoms with Gasteiger partial charge in [-0.1, -0.05) is 43.7 Å². The largest absolute Gasteiger partial charge is 0.508 e. The van der Waals surface area contributed by atoms with Gasteiger partial charge in [-0.05, 0) is 163 Å². The van der Waals surface area contributed by atoms with Crippen molar-refractivity contribution in [1.29, 1.82) is 0 Å². The molecule has 0 bridgehead atoms. The molecule has 6 aromatic rings. The lowest BCUT2D eigenvalue weighted by Crippen LogP contribution is -2.49. The number of aromatic nitrogens is 2. The first kappa shape index (κ1) is 44.2. The van der Waals surface area contributed by atoms with Gasteiger partial charge in [0.15, 0.2) is 23.0 Å². The van der Waals surface area contributed by atoms with Crippen LogP contribution in [0.25, 0.3) is 10.8 Å². The van der Waals surface area contributed by atoms with Crippen molar-refractivity contribution >= 4 is 28.1 Å². The molecule has 334 valence electrons. The van der Waals surface area contributed by atoms with Gasteiger partial charge < -0.3 is 45.3 Å². The van der Waals surface area contributed by atoms with Crippen molar-refractivity contribution in [3.8, 4) is 34.5 Å². The Morgan fingerprint density at radius 2 is 1.75 bits per heavy atom. The Bertz CT molecular complexity index is 2590. The molecule has 1 fully saturated rings. The van der Waals surface area contributed by atoms with Crippen molar-refractivity contribution in [3.63, 3.8) is 0 Å². The molecule has 11 nitrogen and oxygen atoms in total. The Balaban J connectivity index is 1.14. The van der Waals surface area contributed by atoms with Crippen molar-refractivity contribution in [1.82, 2.24) is 9.97 Å². The van der Waals surface area contributed by atoms with Crippen LogP contribution in [0.4, 0.5) is 11.5 Å². The van der Waals surface area contributed by atoms with E-state index in [1.54, 1.807) is 42.6 Å². The molecule has 0 aliphatic heterocycles. The van der Waals surface area contributed by atoms with Crippen molar-refractivity contribution in [3.05, 3.63) is 138 Å². The molecule has 0 radical (unpaired) electrons. The van der Waals surface area contributed by atoms with Gasteiger partial charge >= 0.3 is 0 Å². The van der Waals surface area contributed by atoms with E-state index in [2.05, 4.69) is 35.4 Å². The number of aryl methyl sites for hydroxylation is 2. The lowest BCUT2D eigenvalue weighted by Gasteiger charge is -2.45. The van der Waals surface area contributed by atoms with E-state index in [1.165, 1.54) is 13.2 Å². The van der Waals surface area contributed by atoms with E-state index in [0.717, 1.165) is 59.0 Å². The van der Waals surface area contributed by atoms with Crippen LogP contribution in [0.3, 0.4) is 0 Å². The van der Waals surface area contributed by atoms with Gasteiger partial charge in [-0.25, -0.2) is 4.98 Å². The molecule has 0 amide bonds. The summed E-state index contributed by atoms with van der Waals surface area (Å²) in [4.78, 5) is 23.5. The summed E-state index contributed by atoms with van der Waals surface area (Å²) >= 11 is 0. The molecule has 4 aromatic carbocycles. The first-order valence-corrected chi connectivity index (χ1v) is 22.5. The summed E-state index contributed by atoms with van der Waals surface area (Å²) in [6.45, 7) is 2.56. The molecule has 0 saturated heterocycles. The maximum atomic E-state index is 15.3. The zero-order valence-corrected chi connectivity index (χ0v) is 36.5. The normalized spacial score (nSPS) is 20.5. The molecule has 0 unspecified atom stereocenters. The van der Waals surface area contributed by atoms with Crippen LogP contribution < -0.4 is 14.8 Å². The number of H-pyrrole nitrogens is 1. The number of allylic oxidation sites excluding steroid dienone is 1. The molecular formula is C53H59N3O8. The van der Waals surface area contributed by atoms with E-state index in [0.29, 0.717) is 48.9 Å². The van der Waals surface area contributed by atoms with Crippen LogP contribution in [0, 0.1) is 23.7 Å². The highest BCUT2D eigenvalue weighted by Crippen LogP contribution is 2.54. The van der Waals surface area contributed by atoms with Crippen LogP contribution in [-0.2, 0) is 29.5 Å². The maximum absolute atomic E-state index is 15.3. The third-order valence-corrected chi connectivity index (χ3v) is 13.5. The number of benzene rings is 4. The number of ether oxygens (including phenoxy) is 2. The molecule has 2 aliphatic rings. The number of carbonyl (C=O) groups excluding carboxylic acids is 1.